The Morgan fingerprint density at radius 3 is 2.78 bits per heavy atom. The van der Waals surface area contributed by atoms with E-state index in [1.807, 2.05) is 18.2 Å². The van der Waals surface area contributed by atoms with E-state index in [-0.39, 0.29) is 5.97 Å². The molecule has 5 heteroatoms. The van der Waals surface area contributed by atoms with Crippen LogP contribution < -0.4 is 10.6 Å². The quantitative estimate of drug-likeness (QED) is 0.524. The van der Waals surface area contributed by atoms with Gasteiger partial charge in [0.15, 0.2) is 0 Å². The number of likely N-dealkylation sites (tertiary alicyclic amines) is 1. The Hall–Kier alpha value is -2.01. The molecule has 124 valence electrons. The van der Waals surface area contributed by atoms with E-state index in [0.29, 0.717) is 17.3 Å². The van der Waals surface area contributed by atoms with Crippen LogP contribution in [0.25, 0.3) is 0 Å². The summed E-state index contributed by atoms with van der Waals surface area (Å²) in [7, 11) is 1.39. The van der Waals surface area contributed by atoms with Gasteiger partial charge in [-0.1, -0.05) is 6.08 Å². The molecule has 3 rings (SSSR count). The molecule has 0 spiro atoms. The predicted molar refractivity (Wildman–Crippen MR) is 92.9 cm³/mol. The van der Waals surface area contributed by atoms with Gasteiger partial charge < -0.3 is 15.4 Å². The van der Waals surface area contributed by atoms with Gasteiger partial charge in [-0.15, -0.1) is 6.58 Å². The van der Waals surface area contributed by atoms with E-state index >= 15 is 0 Å². The monoisotopic (exact) mass is 315 g/mol. The number of carbonyl (C=O) groups is 1. The normalized spacial score (nSPS) is 18.7. The van der Waals surface area contributed by atoms with Gasteiger partial charge in [0.2, 0.25) is 0 Å². The zero-order valence-corrected chi connectivity index (χ0v) is 13.8. The van der Waals surface area contributed by atoms with Gasteiger partial charge in [0.25, 0.3) is 0 Å². The zero-order valence-electron chi connectivity index (χ0n) is 13.8. The number of nitrogens with two attached hydrogens (primary N) is 1. The molecule has 0 aromatic heterocycles. The number of hydrogen-bond acceptors (Lipinski definition) is 5. The Morgan fingerprint density at radius 1 is 1.39 bits per heavy atom. The summed E-state index contributed by atoms with van der Waals surface area (Å²) < 4.78 is 4.85. The first-order chi connectivity index (χ1) is 11.1. The Kier molecular flexibility index (Phi) is 4.57. The summed E-state index contributed by atoms with van der Waals surface area (Å²) in [5, 5.41) is 0. The van der Waals surface area contributed by atoms with Crippen molar-refractivity contribution in [2.45, 2.75) is 25.3 Å². The summed E-state index contributed by atoms with van der Waals surface area (Å²) in [5.74, 6) is -0.363. The lowest BCUT2D eigenvalue weighted by molar-refractivity contribution is 0.0602. The van der Waals surface area contributed by atoms with Crippen molar-refractivity contribution < 1.29 is 9.53 Å². The molecule has 1 aromatic carbocycles. The van der Waals surface area contributed by atoms with Gasteiger partial charge >= 0.3 is 5.97 Å². The third-order valence-corrected chi connectivity index (χ3v) is 4.97. The Morgan fingerprint density at radius 2 is 2.13 bits per heavy atom. The van der Waals surface area contributed by atoms with Crippen LogP contribution in [0.4, 0.5) is 11.4 Å². The average Bonchev–Trinajstić information content (AvgIpc) is 2.97. The summed E-state index contributed by atoms with van der Waals surface area (Å²) in [6.07, 6.45) is 5.25. The van der Waals surface area contributed by atoms with E-state index in [9.17, 15) is 4.79 Å². The molecule has 5 nitrogen and oxygen atoms in total. The summed E-state index contributed by atoms with van der Waals surface area (Å²) in [4.78, 5) is 16.8. The number of ether oxygens (including phenoxy) is 1. The standard InChI is InChI=1S/C18H25N3O2/c1-3-7-20-8-5-14(6-9-20)21-10-4-13-11-16(19)15(12-17(13)21)18(22)23-2/h3,11-12,14H,1,4-10,19H2,2H3. The van der Waals surface area contributed by atoms with Crippen molar-refractivity contribution >= 4 is 17.3 Å². The van der Waals surface area contributed by atoms with E-state index in [1.165, 1.54) is 12.7 Å². The molecular formula is C18H25N3O2. The molecule has 1 aromatic rings. The maximum Gasteiger partial charge on any atom is 0.340 e. The molecule has 0 saturated carbocycles. The van der Waals surface area contributed by atoms with E-state index in [0.717, 1.165) is 51.1 Å². The number of carbonyl (C=O) groups excluding carboxylic acids is 1. The van der Waals surface area contributed by atoms with Gasteiger partial charge in [-0.3, -0.25) is 4.90 Å². The minimum absolute atomic E-state index is 0.363. The minimum Gasteiger partial charge on any atom is -0.465 e. The van der Waals surface area contributed by atoms with Crippen LogP contribution in [0, 0.1) is 0 Å². The number of nitrogens with zero attached hydrogens (tertiary/aromatic N) is 2. The van der Waals surface area contributed by atoms with Gasteiger partial charge in [0, 0.05) is 43.6 Å². The first-order valence-electron chi connectivity index (χ1n) is 8.24. The van der Waals surface area contributed by atoms with E-state index < -0.39 is 0 Å². The Labute approximate surface area is 137 Å². The molecule has 0 aliphatic carbocycles. The van der Waals surface area contributed by atoms with E-state index in [1.54, 1.807) is 0 Å². The highest BCUT2D eigenvalue weighted by Gasteiger charge is 2.30. The van der Waals surface area contributed by atoms with Crippen molar-refractivity contribution in [3.8, 4) is 0 Å². The molecule has 1 fully saturated rings. The highest BCUT2D eigenvalue weighted by Crippen LogP contribution is 2.35. The van der Waals surface area contributed by atoms with Crippen LogP contribution >= 0.6 is 0 Å². The lowest BCUT2D eigenvalue weighted by atomic mass is 10.0. The molecule has 1 saturated heterocycles. The third kappa shape index (κ3) is 3.06. The van der Waals surface area contributed by atoms with E-state index in [4.69, 9.17) is 10.5 Å². The fraction of sp³-hybridized carbons (Fsp3) is 0.500. The van der Waals surface area contributed by atoms with E-state index in [2.05, 4.69) is 16.4 Å². The molecule has 23 heavy (non-hydrogen) atoms. The third-order valence-electron chi connectivity index (χ3n) is 4.97. The first-order valence-corrected chi connectivity index (χ1v) is 8.24. The van der Waals surface area contributed by atoms with Crippen molar-refractivity contribution in [3.63, 3.8) is 0 Å². The van der Waals surface area contributed by atoms with Crippen molar-refractivity contribution in [1.82, 2.24) is 4.90 Å². The van der Waals surface area contributed by atoms with Gasteiger partial charge in [0.1, 0.15) is 0 Å². The highest BCUT2D eigenvalue weighted by atomic mass is 16.5. The van der Waals surface area contributed by atoms with Crippen LogP contribution in [-0.2, 0) is 11.2 Å². The van der Waals surface area contributed by atoms with Crippen LogP contribution in [-0.4, -0.2) is 50.2 Å². The number of nitrogen functional groups attached to an aromatic ring is 1. The van der Waals surface area contributed by atoms with Crippen molar-refractivity contribution in [2.75, 3.05) is 43.9 Å². The average molecular weight is 315 g/mol. The predicted octanol–water partition coefficient (Wildman–Crippen LogP) is 2.07. The molecule has 2 heterocycles. The number of piperidine rings is 1. The summed E-state index contributed by atoms with van der Waals surface area (Å²) in [6, 6.07) is 4.39. The van der Waals surface area contributed by atoms with Crippen molar-refractivity contribution in [3.05, 3.63) is 35.9 Å². The second-order valence-corrected chi connectivity index (χ2v) is 6.32. The largest absolute Gasteiger partial charge is 0.465 e. The molecular weight excluding hydrogens is 290 g/mol. The number of rotatable bonds is 4. The lowest BCUT2D eigenvalue weighted by Gasteiger charge is -2.37. The van der Waals surface area contributed by atoms with Crippen molar-refractivity contribution in [1.29, 1.82) is 0 Å². The van der Waals surface area contributed by atoms with Crippen LogP contribution in [0.3, 0.4) is 0 Å². The van der Waals surface area contributed by atoms with Crippen LogP contribution in [0.1, 0.15) is 28.8 Å². The van der Waals surface area contributed by atoms with Crippen molar-refractivity contribution in [2.24, 2.45) is 0 Å². The zero-order chi connectivity index (χ0) is 16.4. The van der Waals surface area contributed by atoms with Crippen LogP contribution in [0.2, 0.25) is 0 Å². The van der Waals surface area contributed by atoms with Gasteiger partial charge in [0.05, 0.1) is 12.7 Å². The SMILES string of the molecule is C=CCN1CCC(N2CCc3cc(N)c(C(=O)OC)cc32)CC1. The molecule has 0 atom stereocenters. The second kappa shape index (κ2) is 6.62. The molecule has 2 aliphatic rings. The number of fused-ring (bicyclic) bond motifs is 1. The topological polar surface area (TPSA) is 58.8 Å². The second-order valence-electron chi connectivity index (χ2n) is 6.32. The van der Waals surface area contributed by atoms with Gasteiger partial charge in [-0.2, -0.15) is 0 Å². The molecule has 0 radical (unpaired) electrons. The fourth-order valence-electron chi connectivity index (χ4n) is 3.74. The molecule has 2 aliphatic heterocycles. The number of esters is 1. The Bertz CT molecular complexity index is 607. The maximum atomic E-state index is 11.9. The maximum absolute atomic E-state index is 11.9. The highest BCUT2D eigenvalue weighted by molar-refractivity contribution is 5.97. The number of benzene rings is 1. The number of anilines is 2. The summed E-state index contributed by atoms with van der Waals surface area (Å²) in [5.41, 5.74) is 9.39. The number of hydrogen-bond donors (Lipinski definition) is 1. The lowest BCUT2D eigenvalue weighted by Crippen LogP contribution is -2.44. The smallest absolute Gasteiger partial charge is 0.340 e. The molecule has 0 unspecified atom stereocenters. The molecule has 2 N–H and O–H groups in total. The molecule has 0 amide bonds. The van der Waals surface area contributed by atoms with Crippen LogP contribution in [0.15, 0.2) is 24.8 Å². The summed E-state index contributed by atoms with van der Waals surface area (Å²) in [6.45, 7) is 7.98. The molecule has 0 bridgehead atoms. The first kappa shape index (κ1) is 15.9. The fourth-order valence-corrected chi connectivity index (χ4v) is 3.74. The van der Waals surface area contributed by atoms with Gasteiger partial charge in [-0.05, 0) is 37.0 Å². The van der Waals surface area contributed by atoms with Gasteiger partial charge in [-0.25, -0.2) is 4.79 Å². The minimum atomic E-state index is -0.363. The van der Waals surface area contributed by atoms with Crippen LogP contribution in [0.5, 0.6) is 0 Å². The summed E-state index contributed by atoms with van der Waals surface area (Å²) >= 11 is 0. The number of methoxy groups -OCH3 is 1. The Balaban J connectivity index is 1.79.